The number of benzene rings is 1. The summed E-state index contributed by atoms with van der Waals surface area (Å²) < 4.78 is 19.4. The number of nitrogens with one attached hydrogen (secondary N) is 3. The van der Waals surface area contributed by atoms with Crippen LogP contribution in [0.3, 0.4) is 0 Å². The second kappa shape index (κ2) is 10.5. The molecule has 3 amide bonds. The lowest BCUT2D eigenvalue weighted by atomic mass is 9.79. The number of primary amides is 1. The number of hydrogen-bond donors (Lipinski definition) is 4. The molecule has 2 heterocycles. The highest BCUT2D eigenvalue weighted by Gasteiger charge is 2.36. The Hall–Kier alpha value is -3.43. The number of rotatable bonds is 8. The molecule has 0 spiro atoms. The average molecular weight is 489 g/mol. The molecule has 0 aliphatic carbocycles. The number of ether oxygens (including phenoxy) is 1. The van der Waals surface area contributed by atoms with Crippen molar-refractivity contribution in [3.05, 3.63) is 35.3 Å². The molecule has 35 heavy (non-hydrogen) atoms. The minimum absolute atomic E-state index is 0.0595. The second-order valence-corrected chi connectivity index (χ2v) is 10.2. The van der Waals surface area contributed by atoms with E-state index in [1.54, 1.807) is 6.07 Å². The molecule has 1 fully saturated rings. The van der Waals surface area contributed by atoms with Crippen LogP contribution in [0.2, 0.25) is 0 Å². The van der Waals surface area contributed by atoms with Gasteiger partial charge < -0.3 is 26.1 Å². The number of methoxy groups -OCH3 is 1. The number of carbonyl (C=O) groups excluding carboxylic acids is 4. The lowest BCUT2D eigenvalue weighted by Crippen LogP contribution is -2.48. The summed E-state index contributed by atoms with van der Waals surface area (Å²) in [6.07, 6.45) is 1.72. The van der Waals surface area contributed by atoms with Gasteiger partial charge in [0, 0.05) is 23.4 Å². The smallest absolute Gasteiger partial charge is 0.328 e. The first-order valence-corrected chi connectivity index (χ1v) is 11.7. The van der Waals surface area contributed by atoms with Crippen LogP contribution in [0.25, 0.3) is 10.9 Å². The highest BCUT2D eigenvalue weighted by atomic mass is 19.1. The predicted molar refractivity (Wildman–Crippen MR) is 128 cm³/mol. The van der Waals surface area contributed by atoms with Gasteiger partial charge in [0.1, 0.15) is 17.6 Å². The number of hydrogen-bond acceptors (Lipinski definition) is 5. The van der Waals surface area contributed by atoms with Crippen molar-refractivity contribution >= 4 is 34.6 Å². The molecular formula is C25H33FN4O5. The van der Waals surface area contributed by atoms with E-state index >= 15 is 0 Å². The summed E-state index contributed by atoms with van der Waals surface area (Å²) >= 11 is 0. The number of fused-ring (bicyclic) bond motifs is 1. The molecule has 0 unspecified atom stereocenters. The van der Waals surface area contributed by atoms with Crippen molar-refractivity contribution in [2.75, 3.05) is 13.7 Å². The van der Waals surface area contributed by atoms with Gasteiger partial charge in [0.25, 0.3) is 5.91 Å². The normalized spacial score (nSPS) is 18.0. The number of piperidine rings is 1. The molecule has 0 saturated carbocycles. The third kappa shape index (κ3) is 5.98. The minimum atomic E-state index is -1.07. The third-order valence-electron chi connectivity index (χ3n) is 6.27. The van der Waals surface area contributed by atoms with Crippen LogP contribution in [0.4, 0.5) is 4.39 Å². The van der Waals surface area contributed by atoms with Gasteiger partial charge in [0.15, 0.2) is 0 Å². The van der Waals surface area contributed by atoms with Gasteiger partial charge >= 0.3 is 5.97 Å². The predicted octanol–water partition coefficient (Wildman–Crippen LogP) is 2.50. The molecule has 1 aromatic carbocycles. The topological polar surface area (TPSA) is 143 Å². The molecular weight excluding hydrogens is 455 g/mol. The van der Waals surface area contributed by atoms with Crippen LogP contribution in [0.5, 0.6) is 0 Å². The zero-order chi connectivity index (χ0) is 25.9. The molecule has 1 aliphatic heterocycles. The zero-order valence-corrected chi connectivity index (χ0v) is 20.5. The van der Waals surface area contributed by atoms with Crippen molar-refractivity contribution < 1.29 is 28.3 Å². The first-order chi connectivity index (χ1) is 16.4. The standard InChI is InChI=1S/C25H33FN4O5/c1-25(2,3)12-15(18-14-8-5-9-16(26)19(14)30-20(18)21(27)31)23(33)29-17(24(34)35-4)11-13-7-6-10-28-22(13)32/h5,8-9,13,15,17,30H,6-7,10-12H2,1-4H3,(H2,27,31)(H,28,32)(H,29,33)/t13-,15-,17-/m0/s1. The summed E-state index contributed by atoms with van der Waals surface area (Å²) in [5.41, 5.74) is 5.51. The van der Waals surface area contributed by atoms with Crippen LogP contribution in [0, 0.1) is 17.2 Å². The number of H-pyrrole nitrogens is 1. The Morgan fingerprint density at radius 3 is 2.60 bits per heavy atom. The van der Waals surface area contributed by atoms with Crippen LogP contribution in [0.1, 0.15) is 68.4 Å². The van der Waals surface area contributed by atoms with Crippen LogP contribution < -0.4 is 16.4 Å². The number of carbonyl (C=O) groups is 4. The molecule has 0 radical (unpaired) electrons. The maximum Gasteiger partial charge on any atom is 0.328 e. The fraction of sp³-hybridized carbons (Fsp3) is 0.520. The fourth-order valence-electron chi connectivity index (χ4n) is 4.67. The van der Waals surface area contributed by atoms with Crippen LogP contribution in [-0.2, 0) is 19.1 Å². The van der Waals surface area contributed by atoms with E-state index in [9.17, 15) is 23.6 Å². The number of esters is 1. The summed E-state index contributed by atoms with van der Waals surface area (Å²) in [4.78, 5) is 53.5. The molecule has 3 atom stereocenters. The molecule has 1 saturated heterocycles. The van der Waals surface area contributed by atoms with Gasteiger partial charge in [-0.05, 0) is 37.2 Å². The lowest BCUT2D eigenvalue weighted by Gasteiger charge is -2.29. The summed E-state index contributed by atoms with van der Waals surface area (Å²) in [7, 11) is 1.21. The van der Waals surface area contributed by atoms with E-state index < -0.39 is 41.5 Å². The van der Waals surface area contributed by atoms with Crippen molar-refractivity contribution in [3.8, 4) is 0 Å². The first kappa shape index (κ1) is 26.2. The van der Waals surface area contributed by atoms with Crippen LogP contribution in [0.15, 0.2) is 18.2 Å². The quantitative estimate of drug-likeness (QED) is 0.422. The van der Waals surface area contributed by atoms with E-state index in [0.29, 0.717) is 18.4 Å². The third-order valence-corrected chi connectivity index (χ3v) is 6.27. The summed E-state index contributed by atoms with van der Waals surface area (Å²) in [5.74, 6) is -4.18. The van der Waals surface area contributed by atoms with E-state index in [-0.39, 0.29) is 40.9 Å². The largest absolute Gasteiger partial charge is 0.467 e. The molecule has 10 heteroatoms. The number of aromatic amines is 1. The van der Waals surface area contributed by atoms with Crippen LogP contribution in [-0.4, -0.2) is 48.4 Å². The van der Waals surface area contributed by atoms with Gasteiger partial charge in [-0.15, -0.1) is 0 Å². The molecule has 190 valence electrons. The van der Waals surface area contributed by atoms with Gasteiger partial charge in [0.2, 0.25) is 11.8 Å². The van der Waals surface area contributed by atoms with Gasteiger partial charge in [-0.2, -0.15) is 0 Å². The summed E-state index contributed by atoms with van der Waals surface area (Å²) in [6.45, 7) is 6.36. The molecule has 5 N–H and O–H groups in total. The Labute approximate surface area is 203 Å². The van der Waals surface area contributed by atoms with Crippen LogP contribution >= 0.6 is 0 Å². The maximum absolute atomic E-state index is 14.5. The van der Waals surface area contributed by atoms with Crippen molar-refractivity contribution in [1.82, 2.24) is 15.6 Å². The number of aromatic nitrogens is 1. The van der Waals surface area contributed by atoms with E-state index in [1.165, 1.54) is 19.2 Å². The fourth-order valence-corrected chi connectivity index (χ4v) is 4.67. The van der Waals surface area contributed by atoms with E-state index in [2.05, 4.69) is 15.6 Å². The van der Waals surface area contributed by atoms with Crippen molar-refractivity contribution in [2.45, 2.75) is 58.4 Å². The lowest BCUT2D eigenvalue weighted by molar-refractivity contribution is -0.146. The monoisotopic (exact) mass is 488 g/mol. The van der Waals surface area contributed by atoms with Crippen molar-refractivity contribution in [3.63, 3.8) is 0 Å². The number of halogens is 1. The van der Waals surface area contributed by atoms with E-state index in [4.69, 9.17) is 10.5 Å². The molecule has 2 aromatic rings. The Morgan fingerprint density at radius 1 is 1.29 bits per heavy atom. The van der Waals surface area contributed by atoms with E-state index in [1.807, 2.05) is 20.8 Å². The number of para-hydroxylation sites is 1. The molecule has 0 bridgehead atoms. The summed E-state index contributed by atoms with van der Waals surface area (Å²) in [5, 5.41) is 5.88. The van der Waals surface area contributed by atoms with Gasteiger partial charge in [-0.1, -0.05) is 32.9 Å². The van der Waals surface area contributed by atoms with Gasteiger partial charge in [0.05, 0.1) is 18.5 Å². The van der Waals surface area contributed by atoms with Gasteiger partial charge in [-0.3, -0.25) is 14.4 Å². The Bertz CT molecular complexity index is 1140. The number of amides is 3. The average Bonchev–Trinajstić information content (AvgIpc) is 3.18. The highest BCUT2D eigenvalue weighted by Crippen LogP contribution is 2.38. The zero-order valence-electron chi connectivity index (χ0n) is 20.5. The number of nitrogens with two attached hydrogens (primary N) is 1. The Balaban J connectivity index is 2.02. The second-order valence-electron chi connectivity index (χ2n) is 10.2. The Kier molecular flexibility index (Phi) is 7.82. The highest BCUT2D eigenvalue weighted by molar-refractivity contribution is 6.04. The molecule has 9 nitrogen and oxygen atoms in total. The van der Waals surface area contributed by atoms with Gasteiger partial charge in [-0.25, -0.2) is 9.18 Å². The summed E-state index contributed by atoms with van der Waals surface area (Å²) in [6, 6.07) is 3.28. The van der Waals surface area contributed by atoms with E-state index in [0.717, 1.165) is 6.42 Å². The van der Waals surface area contributed by atoms with Crippen molar-refractivity contribution in [2.24, 2.45) is 17.1 Å². The Morgan fingerprint density at radius 2 is 2.00 bits per heavy atom. The van der Waals surface area contributed by atoms with Crippen molar-refractivity contribution in [1.29, 1.82) is 0 Å². The molecule has 1 aromatic heterocycles. The SMILES string of the molecule is COC(=O)[C@H](C[C@@H]1CCCNC1=O)NC(=O)[C@@H](CC(C)(C)C)c1c(C(N)=O)[nH]c2c(F)cccc12. The maximum atomic E-state index is 14.5. The minimum Gasteiger partial charge on any atom is -0.467 e. The first-order valence-electron chi connectivity index (χ1n) is 11.7. The molecule has 3 rings (SSSR count). The molecule has 1 aliphatic rings.